The number of rotatable bonds is 8. The summed E-state index contributed by atoms with van der Waals surface area (Å²) in [4.78, 5) is 14.0. The Hall–Kier alpha value is -1.66. The number of ether oxygens (including phenoxy) is 3. The number of nitrogens with zero attached hydrogens (tertiary/aromatic N) is 1. The van der Waals surface area contributed by atoms with Crippen molar-refractivity contribution in [3.8, 4) is 17.2 Å². The Labute approximate surface area is 149 Å². The maximum absolute atomic E-state index is 12.2. The minimum Gasteiger partial charge on any atom is -0.496 e. The highest BCUT2D eigenvalue weighted by atomic mass is 35.5. The van der Waals surface area contributed by atoms with Crippen LogP contribution < -0.4 is 19.5 Å². The van der Waals surface area contributed by atoms with Crippen molar-refractivity contribution in [2.75, 3.05) is 47.5 Å². The predicted molar refractivity (Wildman–Crippen MR) is 95.5 cm³/mol. The minimum absolute atomic E-state index is 0. The average molecular weight is 359 g/mol. The lowest BCUT2D eigenvalue weighted by molar-refractivity contribution is -0.133. The topological polar surface area (TPSA) is 60.0 Å². The number of benzene rings is 1. The molecule has 1 atom stereocenters. The second-order valence-corrected chi connectivity index (χ2v) is 5.70. The molecule has 136 valence electrons. The van der Waals surface area contributed by atoms with E-state index in [-0.39, 0.29) is 24.2 Å². The van der Waals surface area contributed by atoms with E-state index in [4.69, 9.17) is 14.2 Å². The summed E-state index contributed by atoms with van der Waals surface area (Å²) >= 11 is 0. The van der Waals surface area contributed by atoms with E-state index in [1.165, 1.54) is 0 Å². The van der Waals surface area contributed by atoms with Gasteiger partial charge in [0, 0.05) is 38.3 Å². The monoisotopic (exact) mass is 358 g/mol. The van der Waals surface area contributed by atoms with Crippen LogP contribution in [0, 0.1) is 5.92 Å². The molecule has 1 aliphatic heterocycles. The van der Waals surface area contributed by atoms with Crippen LogP contribution in [0.2, 0.25) is 0 Å². The van der Waals surface area contributed by atoms with Crippen LogP contribution in [-0.2, 0) is 4.79 Å². The first-order chi connectivity index (χ1) is 11.1. The molecule has 7 heteroatoms. The van der Waals surface area contributed by atoms with E-state index in [9.17, 15) is 4.79 Å². The van der Waals surface area contributed by atoms with Crippen LogP contribution in [0.3, 0.4) is 0 Å². The first-order valence-electron chi connectivity index (χ1n) is 7.95. The highest BCUT2D eigenvalue weighted by molar-refractivity contribution is 5.85. The van der Waals surface area contributed by atoms with Crippen molar-refractivity contribution < 1.29 is 19.0 Å². The summed E-state index contributed by atoms with van der Waals surface area (Å²) in [6.07, 6.45) is 1.71. The second-order valence-electron chi connectivity index (χ2n) is 5.70. The molecule has 2 rings (SSSR count). The Bertz CT molecular complexity index is 499. The first kappa shape index (κ1) is 20.4. The highest BCUT2D eigenvalue weighted by Gasteiger charge is 2.24. The molecule has 0 bridgehead atoms. The number of nitrogens with one attached hydrogen (secondary N) is 1. The van der Waals surface area contributed by atoms with E-state index in [1.807, 2.05) is 19.2 Å². The highest BCUT2D eigenvalue weighted by Crippen LogP contribution is 2.27. The molecule has 0 aliphatic carbocycles. The molecule has 1 aliphatic rings. The van der Waals surface area contributed by atoms with Crippen molar-refractivity contribution >= 4 is 18.3 Å². The van der Waals surface area contributed by atoms with Gasteiger partial charge in [-0.3, -0.25) is 4.79 Å². The number of hydrogen-bond acceptors (Lipinski definition) is 5. The molecule has 1 heterocycles. The molecular weight excluding hydrogens is 332 g/mol. The molecule has 1 amide bonds. The molecule has 1 aromatic rings. The zero-order chi connectivity index (χ0) is 16.7. The summed E-state index contributed by atoms with van der Waals surface area (Å²) in [5, 5.41) is 3.22. The van der Waals surface area contributed by atoms with Gasteiger partial charge in [0.25, 0.3) is 0 Å². The van der Waals surface area contributed by atoms with Crippen molar-refractivity contribution in [2.45, 2.75) is 12.8 Å². The van der Waals surface area contributed by atoms with Crippen molar-refractivity contribution in [3.05, 3.63) is 18.2 Å². The lowest BCUT2D eigenvalue weighted by Gasteiger charge is -2.20. The molecule has 0 saturated carbocycles. The fourth-order valence-corrected chi connectivity index (χ4v) is 2.64. The van der Waals surface area contributed by atoms with Gasteiger partial charge in [-0.25, -0.2) is 0 Å². The SMILES string of the molecule is COc1cc(OC)cc(OCCCN(C)C(=O)C2CCNC2)c1.Cl. The van der Waals surface area contributed by atoms with Gasteiger partial charge in [-0.1, -0.05) is 0 Å². The molecule has 24 heavy (non-hydrogen) atoms. The quantitative estimate of drug-likeness (QED) is 0.720. The van der Waals surface area contributed by atoms with Crippen LogP contribution in [0.1, 0.15) is 12.8 Å². The molecule has 6 nitrogen and oxygen atoms in total. The summed E-state index contributed by atoms with van der Waals surface area (Å²) in [5.41, 5.74) is 0. The van der Waals surface area contributed by atoms with Crippen LogP contribution in [0.25, 0.3) is 0 Å². The number of hydrogen-bond donors (Lipinski definition) is 1. The minimum atomic E-state index is 0. The Balaban J connectivity index is 0.00000288. The standard InChI is InChI=1S/C17H26N2O4.ClH/c1-19(17(20)13-5-6-18-12-13)7-4-8-23-16-10-14(21-2)9-15(11-16)22-3;/h9-11,13,18H,4-8,12H2,1-3H3;1H. The fraction of sp³-hybridized carbons (Fsp3) is 0.588. The van der Waals surface area contributed by atoms with Crippen molar-refractivity contribution in [1.29, 1.82) is 0 Å². The largest absolute Gasteiger partial charge is 0.496 e. The second kappa shape index (κ2) is 10.3. The lowest BCUT2D eigenvalue weighted by atomic mass is 10.1. The Morgan fingerprint density at radius 1 is 1.21 bits per heavy atom. The fourth-order valence-electron chi connectivity index (χ4n) is 2.64. The maximum Gasteiger partial charge on any atom is 0.226 e. The van der Waals surface area contributed by atoms with E-state index >= 15 is 0 Å². The Morgan fingerprint density at radius 2 is 1.83 bits per heavy atom. The molecule has 0 spiro atoms. The summed E-state index contributed by atoms with van der Waals surface area (Å²) in [6, 6.07) is 5.44. The number of halogens is 1. The smallest absolute Gasteiger partial charge is 0.226 e. The molecule has 1 unspecified atom stereocenters. The number of carbonyl (C=O) groups is 1. The Morgan fingerprint density at radius 3 is 2.38 bits per heavy atom. The van der Waals surface area contributed by atoms with E-state index in [0.717, 1.165) is 25.9 Å². The van der Waals surface area contributed by atoms with E-state index in [1.54, 1.807) is 25.2 Å². The first-order valence-corrected chi connectivity index (χ1v) is 7.95. The number of methoxy groups -OCH3 is 2. The zero-order valence-corrected chi connectivity index (χ0v) is 15.4. The van der Waals surface area contributed by atoms with E-state index in [2.05, 4.69) is 5.32 Å². The van der Waals surface area contributed by atoms with Gasteiger partial charge in [-0.15, -0.1) is 12.4 Å². The summed E-state index contributed by atoms with van der Waals surface area (Å²) in [7, 11) is 5.07. The summed E-state index contributed by atoms with van der Waals surface area (Å²) in [5.74, 6) is 2.44. The van der Waals surface area contributed by atoms with Gasteiger partial charge < -0.3 is 24.4 Å². The Kier molecular flexibility index (Phi) is 8.71. The van der Waals surface area contributed by atoms with E-state index < -0.39 is 0 Å². The van der Waals surface area contributed by atoms with Gasteiger partial charge in [-0.2, -0.15) is 0 Å². The predicted octanol–water partition coefficient (Wildman–Crippen LogP) is 1.96. The van der Waals surface area contributed by atoms with Gasteiger partial charge in [0.2, 0.25) is 5.91 Å². The van der Waals surface area contributed by atoms with Crippen LogP contribution >= 0.6 is 12.4 Å². The van der Waals surface area contributed by atoms with Crippen molar-refractivity contribution in [1.82, 2.24) is 10.2 Å². The van der Waals surface area contributed by atoms with Crippen molar-refractivity contribution in [3.63, 3.8) is 0 Å². The van der Waals surface area contributed by atoms with Crippen LogP contribution in [0.4, 0.5) is 0 Å². The molecule has 1 fully saturated rings. The molecule has 1 N–H and O–H groups in total. The molecule has 0 radical (unpaired) electrons. The maximum atomic E-state index is 12.2. The van der Waals surface area contributed by atoms with Crippen LogP contribution in [0.5, 0.6) is 17.2 Å². The molecule has 1 saturated heterocycles. The molecule has 1 aromatic carbocycles. The molecule has 0 aromatic heterocycles. The van der Waals surface area contributed by atoms with Crippen LogP contribution in [-0.4, -0.2) is 58.3 Å². The third-order valence-corrected chi connectivity index (χ3v) is 4.02. The summed E-state index contributed by atoms with van der Waals surface area (Å²) in [6.45, 7) is 2.96. The van der Waals surface area contributed by atoms with Gasteiger partial charge >= 0.3 is 0 Å². The molecular formula is C17H27ClN2O4. The zero-order valence-electron chi connectivity index (χ0n) is 14.5. The van der Waals surface area contributed by atoms with Crippen LogP contribution in [0.15, 0.2) is 18.2 Å². The third-order valence-electron chi connectivity index (χ3n) is 4.02. The van der Waals surface area contributed by atoms with E-state index in [0.29, 0.717) is 30.4 Å². The normalized spacial score (nSPS) is 16.2. The van der Waals surface area contributed by atoms with Gasteiger partial charge in [-0.05, 0) is 19.4 Å². The summed E-state index contributed by atoms with van der Waals surface area (Å²) < 4.78 is 16.2. The third kappa shape index (κ3) is 5.76. The number of carbonyl (C=O) groups excluding carboxylic acids is 1. The number of amides is 1. The van der Waals surface area contributed by atoms with Crippen molar-refractivity contribution in [2.24, 2.45) is 5.92 Å². The average Bonchev–Trinajstić information content (AvgIpc) is 3.11. The lowest BCUT2D eigenvalue weighted by Crippen LogP contribution is -2.35. The van der Waals surface area contributed by atoms with Gasteiger partial charge in [0.15, 0.2) is 0 Å². The van der Waals surface area contributed by atoms with Gasteiger partial charge in [0.05, 0.1) is 26.7 Å². The van der Waals surface area contributed by atoms with Gasteiger partial charge in [0.1, 0.15) is 17.2 Å².